The molecule has 0 aliphatic carbocycles. The normalized spacial score (nSPS) is 20.5. The van der Waals surface area contributed by atoms with E-state index in [1.165, 1.54) is 12.5 Å². The van der Waals surface area contributed by atoms with Crippen molar-refractivity contribution in [1.82, 2.24) is 10.2 Å². The molecule has 4 heteroatoms. The Morgan fingerprint density at radius 3 is 3.06 bits per heavy atom. The van der Waals surface area contributed by atoms with Crippen LogP contribution in [0.25, 0.3) is 0 Å². The molecule has 0 aromatic heterocycles. The third kappa shape index (κ3) is 3.67. The predicted molar refractivity (Wildman–Crippen MR) is 73.3 cm³/mol. The van der Waals surface area contributed by atoms with Gasteiger partial charge in [-0.1, -0.05) is 24.6 Å². The first kappa shape index (κ1) is 13.8. The van der Waals surface area contributed by atoms with Gasteiger partial charge in [0.05, 0.1) is 5.02 Å². The van der Waals surface area contributed by atoms with Crippen molar-refractivity contribution in [2.45, 2.75) is 19.9 Å². The van der Waals surface area contributed by atoms with Crippen molar-refractivity contribution < 1.29 is 4.39 Å². The van der Waals surface area contributed by atoms with E-state index in [2.05, 4.69) is 17.1 Å². The minimum absolute atomic E-state index is 0.218. The number of halogens is 2. The number of nitrogens with one attached hydrogen (secondary N) is 1. The van der Waals surface area contributed by atoms with Crippen LogP contribution in [-0.4, -0.2) is 31.1 Å². The van der Waals surface area contributed by atoms with E-state index in [1.54, 1.807) is 6.07 Å². The van der Waals surface area contributed by atoms with E-state index in [4.69, 9.17) is 11.6 Å². The average molecular weight is 271 g/mol. The minimum Gasteiger partial charge on any atom is -0.317 e. The fourth-order valence-electron chi connectivity index (χ4n) is 2.47. The fourth-order valence-corrected chi connectivity index (χ4v) is 2.67. The maximum absolute atomic E-state index is 13.1. The summed E-state index contributed by atoms with van der Waals surface area (Å²) in [6.45, 7) is 7.35. The summed E-state index contributed by atoms with van der Waals surface area (Å²) >= 11 is 5.79. The maximum atomic E-state index is 13.1. The molecule has 1 aliphatic rings. The number of rotatable bonds is 5. The Morgan fingerprint density at radius 1 is 1.50 bits per heavy atom. The lowest BCUT2D eigenvalue weighted by Crippen LogP contribution is -2.26. The zero-order valence-corrected chi connectivity index (χ0v) is 11.5. The number of nitrogens with zero attached hydrogens (tertiary/aromatic N) is 1. The first-order valence-corrected chi connectivity index (χ1v) is 6.94. The zero-order chi connectivity index (χ0) is 13.0. The summed E-state index contributed by atoms with van der Waals surface area (Å²) in [7, 11) is 0. The molecule has 1 aromatic rings. The Balaban J connectivity index is 1.85. The van der Waals surface area contributed by atoms with Crippen molar-refractivity contribution in [1.29, 1.82) is 0 Å². The molecular weight excluding hydrogens is 251 g/mol. The number of benzene rings is 1. The maximum Gasteiger partial charge on any atom is 0.141 e. The highest BCUT2D eigenvalue weighted by Gasteiger charge is 2.21. The van der Waals surface area contributed by atoms with Crippen LogP contribution >= 0.6 is 11.6 Å². The Hall–Kier alpha value is -0.640. The van der Waals surface area contributed by atoms with Gasteiger partial charge in [0.1, 0.15) is 5.82 Å². The monoisotopic (exact) mass is 270 g/mol. The fraction of sp³-hybridized carbons (Fsp3) is 0.571. The Bertz CT molecular complexity index is 397. The van der Waals surface area contributed by atoms with Crippen LogP contribution in [0.4, 0.5) is 4.39 Å². The lowest BCUT2D eigenvalue weighted by Gasteiger charge is -2.16. The molecule has 1 aliphatic heterocycles. The topological polar surface area (TPSA) is 15.3 Å². The van der Waals surface area contributed by atoms with Crippen LogP contribution in [0.15, 0.2) is 18.2 Å². The van der Waals surface area contributed by atoms with Crippen molar-refractivity contribution >= 4 is 11.6 Å². The molecule has 0 bridgehead atoms. The molecule has 0 saturated carbocycles. The van der Waals surface area contributed by atoms with Crippen LogP contribution in [0.3, 0.4) is 0 Å². The summed E-state index contributed by atoms with van der Waals surface area (Å²) < 4.78 is 13.1. The van der Waals surface area contributed by atoms with E-state index < -0.39 is 0 Å². The number of hydrogen-bond donors (Lipinski definition) is 1. The second-order valence-corrected chi connectivity index (χ2v) is 5.35. The summed E-state index contributed by atoms with van der Waals surface area (Å²) in [5.74, 6) is 0.396. The van der Waals surface area contributed by atoms with E-state index in [0.29, 0.717) is 0 Å². The van der Waals surface area contributed by atoms with Gasteiger partial charge < -0.3 is 5.32 Å². The molecule has 1 atom stereocenters. The van der Waals surface area contributed by atoms with Gasteiger partial charge in [-0.25, -0.2) is 4.39 Å². The first-order valence-electron chi connectivity index (χ1n) is 6.56. The van der Waals surface area contributed by atoms with E-state index >= 15 is 0 Å². The SMILES string of the molecule is CCNCC1CCN(Cc2ccc(F)c(Cl)c2)C1. The van der Waals surface area contributed by atoms with Crippen molar-refractivity contribution in [2.75, 3.05) is 26.2 Å². The minimum atomic E-state index is -0.341. The zero-order valence-electron chi connectivity index (χ0n) is 10.8. The van der Waals surface area contributed by atoms with Crippen molar-refractivity contribution in [3.8, 4) is 0 Å². The molecule has 18 heavy (non-hydrogen) atoms. The van der Waals surface area contributed by atoms with Gasteiger partial charge in [-0.3, -0.25) is 4.90 Å². The standard InChI is InChI=1S/C14H20ClFN2/c1-2-17-8-12-5-6-18(10-12)9-11-3-4-14(16)13(15)7-11/h3-4,7,12,17H,2,5-6,8-10H2,1H3. The second-order valence-electron chi connectivity index (χ2n) is 4.95. The summed E-state index contributed by atoms with van der Waals surface area (Å²) in [5, 5.41) is 3.61. The molecule has 2 nitrogen and oxygen atoms in total. The Morgan fingerprint density at radius 2 is 2.33 bits per heavy atom. The summed E-state index contributed by atoms with van der Waals surface area (Å²) in [5.41, 5.74) is 1.09. The molecule has 1 N–H and O–H groups in total. The third-order valence-corrected chi connectivity index (χ3v) is 3.73. The van der Waals surface area contributed by atoms with Gasteiger partial charge in [0.15, 0.2) is 0 Å². The first-order chi connectivity index (χ1) is 8.69. The predicted octanol–water partition coefficient (Wildman–Crippen LogP) is 2.91. The highest BCUT2D eigenvalue weighted by Crippen LogP contribution is 2.21. The van der Waals surface area contributed by atoms with Gasteiger partial charge >= 0.3 is 0 Å². The van der Waals surface area contributed by atoms with Crippen LogP contribution in [0.2, 0.25) is 5.02 Å². The van der Waals surface area contributed by atoms with Crippen molar-refractivity contribution in [3.63, 3.8) is 0 Å². The van der Waals surface area contributed by atoms with Crippen molar-refractivity contribution in [2.24, 2.45) is 5.92 Å². The molecule has 100 valence electrons. The van der Waals surface area contributed by atoms with Crippen LogP contribution in [0.5, 0.6) is 0 Å². The highest BCUT2D eigenvalue weighted by molar-refractivity contribution is 6.30. The molecule has 1 unspecified atom stereocenters. The van der Waals surface area contributed by atoms with Crippen LogP contribution < -0.4 is 5.32 Å². The van der Waals surface area contributed by atoms with E-state index in [1.807, 2.05) is 6.07 Å². The van der Waals surface area contributed by atoms with E-state index in [0.717, 1.165) is 44.2 Å². The molecule has 0 spiro atoms. The molecular formula is C14H20ClFN2. The molecule has 1 saturated heterocycles. The molecule has 2 rings (SSSR count). The van der Waals surface area contributed by atoms with Crippen LogP contribution in [0.1, 0.15) is 18.9 Å². The summed E-state index contributed by atoms with van der Waals surface area (Å²) in [6.07, 6.45) is 1.24. The average Bonchev–Trinajstić information content (AvgIpc) is 2.79. The second kappa shape index (κ2) is 6.50. The quantitative estimate of drug-likeness (QED) is 0.885. The summed E-state index contributed by atoms with van der Waals surface area (Å²) in [6, 6.07) is 5.00. The Labute approximate surface area is 113 Å². The summed E-state index contributed by atoms with van der Waals surface area (Å²) in [4.78, 5) is 2.41. The molecule has 0 radical (unpaired) electrons. The van der Waals surface area contributed by atoms with Gasteiger partial charge in [-0.05, 0) is 49.7 Å². The van der Waals surface area contributed by atoms with E-state index in [-0.39, 0.29) is 10.8 Å². The van der Waals surface area contributed by atoms with Crippen molar-refractivity contribution in [3.05, 3.63) is 34.6 Å². The van der Waals surface area contributed by atoms with Crippen LogP contribution in [-0.2, 0) is 6.54 Å². The van der Waals surface area contributed by atoms with Gasteiger partial charge in [0.2, 0.25) is 0 Å². The lowest BCUT2D eigenvalue weighted by atomic mass is 10.1. The number of likely N-dealkylation sites (tertiary alicyclic amines) is 1. The van der Waals surface area contributed by atoms with Gasteiger partial charge in [-0.2, -0.15) is 0 Å². The lowest BCUT2D eigenvalue weighted by molar-refractivity contribution is 0.314. The number of hydrogen-bond acceptors (Lipinski definition) is 2. The molecule has 1 heterocycles. The third-order valence-electron chi connectivity index (χ3n) is 3.44. The molecule has 1 fully saturated rings. The highest BCUT2D eigenvalue weighted by atomic mass is 35.5. The molecule has 0 amide bonds. The smallest absolute Gasteiger partial charge is 0.141 e. The van der Waals surface area contributed by atoms with E-state index in [9.17, 15) is 4.39 Å². The van der Waals surface area contributed by atoms with Gasteiger partial charge in [0, 0.05) is 13.1 Å². The van der Waals surface area contributed by atoms with Gasteiger partial charge in [0.25, 0.3) is 0 Å². The largest absolute Gasteiger partial charge is 0.317 e. The Kier molecular flexibility index (Phi) is 4.98. The molecule has 1 aromatic carbocycles. The van der Waals surface area contributed by atoms with Crippen LogP contribution in [0, 0.1) is 11.7 Å². The van der Waals surface area contributed by atoms with Gasteiger partial charge in [-0.15, -0.1) is 0 Å².